The molecule has 5 nitrogen and oxygen atoms in total. The van der Waals surface area contributed by atoms with E-state index in [1.807, 2.05) is 12.2 Å². The fraction of sp³-hybridized carbons (Fsp3) is 0.733. The van der Waals surface area contributed by atoms with Crippen LogP contribution in [0.15, 0.2) is 12.2 Å². The van der Waals surface area contributed by atoms with Gasteiger partial charge in [-0.1, -0.05) is 19.1 Å². The Morgan fingerprint density at radius 3 is 2.35 bits per heavy atom. The van der Waals surface area contributed by atoms with Gasteiger partial charge in [-0.25, -0.2) is 0 Å². The summed E-state index contributed by atoms with van der Waals surface area (Å²) in [6, 6.07) is 0.200. The summed E-state index contributed by atoms with van der Waals surface area (Å²) < 4.78 is 0. The molecule has 2 N–H and O–H groups in total. The molecule has 0 radical (unpaired) electrons. The van der Waals surface area contributed by atoms with Gasteiger partial charge in [-0.3, -0.25) is 9.59 Å². The molecule has 0 spiro atoms. The van der Waals surface area contributed by atoms with Crippen molar-refractivity contribution < 1.29 is 14.7 Å². The van der Waals surface area contributed by atoms with Crippen LogP contribution in [0.4, 0.5) is 0 Å². The first-order chi connectivity index (χ1) is 9.61. The highest BCUT2D eigenvalue weighted by Crippen LogP contribution is 2.26. The van der Waals surface area contributed by atoms with Crippen LogP contribution in [0.25, 0.3) is 0 Å². The predicted octanol–water partition coefficient (Wildman–Crippen LogP) is 1.25. The quantitative estimate of drug-likeness (QED) is 0.761. The lowest BCUT2D eigenvalue weighted by Gasteiger charge is -2.33. The van der Waals surface area contributed by atoms with Crippen molar-refractivity contribution in [3.63, 3.8) is 0 Å². The van der Waals surface area contributed by atoms with Crippen molar-refractivity contribution in [1.82, 2.24) is 10.2 Å². The molecule has 2 atom stereocenters. The number of carbonyl (C=O) groups excluding carboxylic acids is 1. The van der Waals surface area contributed by atoms with Gasteiger partial charge in [0.05, 0.1) is 11.8 Å². The van der Waals surface area contributed by atoms with Gasteiger partial charge in [-0.05, 0) is 32.2 Å². The third kappa shape index (κ3) is 3.60. The first kappa shape index (κ1) is 15.0. The van der Waals surface area contributed by atoms with Gasteiger partial charge >= 0.3 is 5.97 Å². The molecular formula is C15H24N2O3. The minimum absolute atomic E-state index is 0.0864. The SMILES string of the molecule is CCN1CCC(NC(=O)[C@@H]2CC=CC[C@@H]2C(=O)O)CC1. The van der Waals surface area contributed by atoms with Crippen molar-refractivity contribution in [3.8, 4) is 0 Å². The van der Waals surface area contributed by atoms with Gasteiger partial charge in [0.15, 0.2) is 0 Å². The smallest absolute Gasteiger partial charge is 0.307 e. The van der Waals surface area contributed by atoms with Crippen molar-refractivity contribution in [3.05, 3.63) is 12.2 Å². The maximum atomic E-state index is 12.3. The van der Waals surface area contributed by atoms with E-state index < -0.39 is 17.8 Å². The Morgan fingerprint density at radius 2 is 1.80 bits per heavy atom. The number of nitrogens with one attached hydrogen (secondary N) is 1. The first-order valence-electron chi connectivity index (χ1n) is 7.52. The zero-order valence-corrected chi connectivity index (χ0v) is 12.0. The summed E-state index contributed by atoms with van der Waals surface area (Å²) in [5.41, 5.74) is 0. The van der Waals surface area contributed by atoms with Crippen LogP contribution in [0.2, 0.25) is 0 Å². The van der Waals surface area contributed by atoms with E-state index in [2.05, 4.69) is 17.1 Å². The Bertz CT molecular complexity index is 387. The standard InChI is InChI=1S/C15H24N2O3/c1-2-17-9-7-11(8-10-17)16-14(18)12-5-3-4-6-13(12)15(19)20/h3-4,11-13H,2,5-10H2,1H3,(H,16,18)(H,19,20)/t12-,13+/m1/s1. The highest BCUT2D eigenvalue weighted by molar-refractivity contribution is 5.85. The molecule has 112 valence electrons. The number of carboxylic acids is 1. The van der Waals surface area contributed by atoms with Crippen molar-refractivity contribution in [1.29, 1.82) is 0 Å². The third-order valence-corrected chi connectivity index (χ3v) is 4.47. The molecule has 0 unspecified atom stereocenters. The average Bonchev–Trinajstić information content (AvgIpc) is 2.48. The molecule has 1 fully saturated rings. The zero-order chi connectivity index (χ0) is 14.5. The van der Waals surface area contributed by atoms with Crippen LogP contribution < -0.4 is 5.32 Å². The van der Waals surface area contributed by atoms with Gasteiger partial charge in [0, 0.05) is 19.1 Å². The number of hydrogen-bond acceptors (Lipinski definition) is 3. The van der Waals surface area contributed by atoms with Crippen LogP contribution in [-0.4, -0.2) is 47.6 Å². The second-order valence-electron chi connectivity index (χ2n) is 5.71. The summed E-state index contributed by atoms with van der Waals surface area (Å²) in [6.45, 7) is 5.21. The lowest BCUT2D eigenvalue weighted by molar-refractivity contribution is -0.147. The first-order valence-corrected chi connectivity index (χ1v) is 7.52. The molecule has 5 heteroatoms. The van der Waals surface area contributed by atoms with Crippen LogP contribution in [0.3, 0.4) is 0 Å². The highest BCUT2D eigenvalue weighted by Gasteiger charge is 2.35. The normalized spacial score (nSPS) is 28.2. The minimum Gasteiger partial charge on any atom is -0.481 e. The molecule has 1 heterocycles. The van der Waals surface area contributed by atoms with E-state index in [9.17, 15) is 14.7 Å². The van der Waals surface area contributed by atoms with Crippen LogP contribution in [0.1, 0.15) is 32.6 Å². The molecule has 0 bridgehead atoms. The summed E-state index contributed by atoms with van der Waals surface area (Å²) in [6.07, 6.45) is 6.70. The van der Waals surface area contributed by atoms with E-state index in [4.69, 9.17) is 0 Å². The molecule has 2 rings (SSSR count). The second-order valence-corrected chi connectivity index (χ2v) is 5.71. The van der Waals surface area contributed by atoms with E-state index in [0.717, 1.165) is 32.5 Å². The van der Waals surface area contributed by atoms with Crippen molar-refractivity contribution in [2.24, 2.45) is 11.8 Å². The number of carboxylic acid groups (broad SMARTS) is 1. The number of rotatable bonds is 4. The Balaban J connectivity index is 1.88. The zero-order valence-electron chi connectivity index (χ0n) is 12.0. The van der Waals surface area contributed by atoms with Gasteiger partial charge in [0.1, 0.15) is 0 Å². The number of amides is 1. The van der Waals surface area contributed by atoms with Crippen LogP contribution in [-0.2, 0) is 9.59 Å². The van der Waals surface area contributed by atoms with Crippen molar-refractivity contribution in [2.45, 2.75) is 38.6 Å². The summed E-state index contributed by atoms with van der Waals surface area (Å²) in [5.74, 6) is -1.94. The molecule has 0 saturated carbocycles. The van der Waals surface area contributed by atoms with E-state index in [1.54, 1.807) is 0 Å². The van der Waals surface area contributed by atoms with E-state index >= 15 is 0 Å². The molecule has 20 heavy (non-hydrogen) atoms. The molecule has 2 aliphatic rings. The molecular weight excluding hydrogens is 256 g/mol. The number of allylic oxidation sites excluding steroid dienone is 2. The summed E-state index contributed by atoms with van der Waals surface area (Å²) in [5, 5.41) is 12.3. The Kier molecular flexibility index (Phi) is 5.17. The van der Waals surface area contributed by atoms with Gasteiger partial charge in [0.2, 0.25) is 5.91 Å². The third-order valence-electron chi connectivity index (χ3n) is 4.47. The maximum absolute atomic E-state index is 12.3. The Hall–Kier alpha value is -1.36. The van der Waals surface area contributed by atoms with Crippen molar-refractivity contribution in [2.75, 3.05) is 19.6 Å². The number of likely N-dealkylation sites (tertiary alicyclic amines) is 1. The molecule has 1 saturated heterocycles. The molecule has 1 aliphatic carbocycles. The fourth-order valence-corrected chi connectivity index (χ4v) is 3.08. The van der Waals surface area contributed by atoms with Crippen LogP contribution in [0.5, 0.6) is 0 Å². The Labute approximate surface area is 120 Å². The number of hydrogen-bond donors (Lipinski definition) is 2. The molecule has 0 aromatic carbocycles. The van der Waals surface area contributed by atoms with Gasteiger partial charge in [-0.15, -0.1) is 0 Å². The lowest BCUT2D eigenvalue weighted by Crippen LogP contribution is -2.48. The lowest BCUT2D eigenvalue weighted by atomic mass is 9.82. The van der Waals surface area contributed by atoms with E-state index in [-0.39, 0.29) is 11.9 Å². The van der Waals surface area contributed by atoms with Gasteiger partial charge in [-0.2, -0.15) is 0 Å². The average molecular weight is 280 g/mol. The summed E-state index contributed by atoms with van der Waals surface area (Å²) >= 11 is 0. The number of nitrogens with zero attached hydrogens (tertiary/aromatic N) is 1. The minimum atomic E-state index is -0.865. The summed E-state index contributed by atoms with van der Waals surface area (Å²) in [4.78, 5) is 25.9. The fourth-order valence-electron chi connectivity index (χ4n) is 3.08. The predicted molar refractivity (Wildman–Crippen MR) is 76.3 cm³/mol. The van der Waals surface area contributed by atoms with Crippen molar-refractivity contribution >= 4 is 11.9 Å². The topological polar surface area (TPSA) is 69.6 Å². The number of aliphatic carboxylic acids is 1. The second kappa shape index (κ2) is 6.88. The van der Waals surface area contributed by atoms with E-state index in [0.29, 0.717) is 12.8 Å². The number of carbonyl (C=O) groups is 2. The molecule has 0 aromatic rings. The van der Waals surface area contributed by atoms with Crippen LogP contribution >= 0.6 is 0 Å². The maximum Gasteiger partial charge on any atom is 0.307 e. The molecule has 1 aliphatic heterocycles. The largest absolute Gasteiger partial charge is 0.481 e. The number of piperidine rings is 1. The van der Waals surface area contributed by atoms with Gasteiger partial charge in [0.25, 0.3) is 0 Å². The monoisotopic (exact) mass is 280 g/mol. The van der Waals surface area contributed by atoms with Gasteiger partial charge < -0.3 is 15.3 Å². The molecule has 1 amide bonds. The Morgan fingerprint density at radius 1 is 1.20 bits per heavy atom. The van der Waals surface area contributed by atoms with E-state index in [1.165, 1.54) is 0 Å². The van der Waals surface area contributed by atoms with Crippen LogP contribution in [0, 0.1) is 11.8 Å². The summed E-state index contributed by atoms with van der Waals surface area (Å²) in [7, 11) is 0. The highest BCUT2D eigenvalue weighted by atomic mass is 16.4. The molecule has 0 aromatic heterocycles.